The number of hydrogen-bond acceptors (Lipinski definition) is 3. The van der Waals surface area contributed by atoms with Gasteiger partial charge in [0.05, 0.1) is 18.2 Å². The zero-order valence-corrected chi connectivity index (χ0v) is 14.0. The van der Waals surface area contributed by atoms with Crippen molar-refractivity contribution in [2.24, 2.45) is 7.05 Å². The molecule has 5 nitrogen and oxygen atoms in total. The van der Waals surface area contributed by atoms with Crippen LogP contribution in [0, 0.1) is 0 Å². The van der Waals surface area contributed by atoms with Gasteiger partial charge in [0, 0.05) is 25.3 Å². The van der Waals surface area contributed by atoms with Crippen molar-refractivity contribution < 1.29 is 9.53 Å². The summed E-state index contributed by atoms with van der Waals surface area (Å²) in [6, 6.07) is 6.24. The summed E-state index contributed by atoms with van der Waals surface area (Å²) in [5.74, 6) is 0.0596. The lowest BCUT2D eigenvalue weighted by Gasteiger charge is -2.30. The minimum absolute atomic E-state index is 0.00182. The van der Waals surface area contributed by atoms with Crippen molar-refractivity contribution in [1.82, 2.24) is 14.9 Å². The van der Waals surface area contributed by atoms with Crippen LogP contribution in [-0.2, 0) is 24.6 Å². The molecule has 126 valence electrons. The van der Waals surface area contributed by atoms with E-state index in [9.17, 15) is 4.79 Å². The summed E-state index contributed by atoms with van der Waals surface area (Å²) >= 11 is 0. The number of nitrogens with one attached hydrogen (secondary N) is 1. The van der Waals surface area contributed by atoms with Crippen molar-refractivity contribution in [2.75, 3.05) is 6.61 Å². The first-order chi connectivity index (χ1) is 11.7. The minimum atomic E-state index is -0.00182. The number of amides is 1. The van der Waals surface area contributed by atoms with Crippen LogP contribution in [-0.4, -0.2) is 28.1 Å². The van der Waals surface area contributed by atoms with Crippen LogP contribution in [0.3, 0.4) is 0 Å². The van der Waals surface area contributed by atoms with Gasteiger partial charge < -0.3 is 14.6 Å². The Morgan fingerprint density at radius 3 is 3.12 bits per heavy atom. The summed E-state index contributed by atoms with van der Waals surface area (Å²) in [6.45, 7) is 0.660. The summed E-state index contributed by atoms with van der Waals surface area (Å²) in [7, 11) is 1.97. The van der Waals surface area contributed by atoms with E-state index in [1.807, 2.05) is 29.9 Å². The van der Waals surface area contributed by atoms with Crippen LogP contribution in [0.2, 0.25) is 0 Å². The van der Waals surface area contributed by atoms with Gasteiger partial charge in [0.2, 0.25) is 0 Å². The van der Waals surface area contributed by atoms with Gasteiger partial charge in [-0.3, -0.25) is 4.79 Å². The molecule has 1 aliphatic carbocycles. The van der Waals surface area contributed by atoms with Gasteiger partial charge in [-0.25, -0.2) is 4.98 Å². The molecule has 24 heavy (non-hydrogen) atoms. The quantitative estimate of drug-likeness (QED) is 0.943. The minimum Gasteiger partial charge on any atom is -0.372 e. The highest BCUT2D eigenvalue weighted by Gasteiger charge is 2.28. The molecule has 0 saturated carbocycles. The monoisotopic (exact) mass is 325 g/mol. The van der Waals surface area contributed by atoms with E-state index in [0.717, 1.165) is 43.4 Å². The summed E-state index contributed by atoms with van der Waals surface area (Å²) in [6.07, 6.45) is 8.54. The molecule has 5 heteroatoms. The van der Waals surface area contributed by atoms with Gasteiger partial charge in [0.1, 0.15) is 6.10 Å². The third-order valence-electron chi connectivity index (χ3n) is 5.19. The topological polar surface area (TPSA) is 56.2 Å². The Kier molecular flexibility index (Phi) is 4.10. The molecule has 0 radical (unpaired) electrons. The Bertz CT molecular complexity index is 753. The van der Waals surface area contributed by atoms with E-state index in [1.54, 1.807) is 6.33 Å². The van der Waals surface area contributed by atoms with Gasteiger partial charge in [-0.05, 0) is 49.3 Å². The molecule has 0 bridgehead atoms. The van der Waals surface area contributed by atoms with Gasteiger partial charge in [-0.2, -0.15) is 0 Å². The lowest BCUT2D eigenvalue weighted by atomic mass is 9.99. The number of imidazole rings is 1. The Balaban J connectivity index is 1.46. The largest absolute Gasteiger partial charge is 0.372 e. The Morgan fingerprint density at radius 1 is 1.38 bits per heavy atom. The zero-order valence-electron chi connectivity index (χ0n) is 14.0. The van der Waals surface area contributed by atoms with E-state index >= 15 is 0 Å². The highest BCUT2D eigenvalue weighted by Crippen LogP contribution is 2.29. The Hall–Kier alpha value is -2.14. The average molecular weight is 325 g/mol. The third-order valence-corrected chi connectivity index (χ3v) is 5.19. The second-order valence-corrected chi connectivity index (χ2v) is 6.78. The molecule has 1 aromatic carbocycles. The summed E-state index contributed by atoms with van der Waals surface area (Å²) in [5.41, 5.74) is 4.50. The number of fused-ring (bicyclic) bond motifs is 1. The molecule has 1 aliphatic heterocycles. The SMILES string of the molecule is Cn1cncc1[C@@H]1C[C@H](NC(=O)c2cccc3c2CCC3)CCO1. The fraction of sp³-hybridized carbons (Fsp3) is 0.474. The van der Waals surface area contributed by atoms with Crippen molar-refractivity contribution in [3.05, 3.63) is 53.1 Å². The number of carbonyl (C=O) groups is 1. The van der Waals surface area contributed by atoms with Gasteiger partial charge >= 0.3 is 0 Å². The second kappa shape index (κ2) is 6.40. The molecule has 0 unspecified atom stereocenters. The third kappa shape index (κ3) is 2.84. The van der Waals surface area contributed by atoms with Gasteiger partial charge in [0.25, 0.3) is 5.91 Å². The maximum Gasteiger partial charge on any atom is 0.251 e. The van der Waals surface area contributed by atoms with E-state index in [2.05, 4.69) is 16.4 Å². The highest BCUT2D eigenvalue weighted by atomic mass is 16.5. The van der Waals surface area contributed by atoms with Crippen LogP contribution in [0.1, 0.15) is 52.5 Å². The highest BCUT2D eigenvalue weighted by molar-refractivity contribution is 5.96. The van der Waals surface area contributed by atoms with Crippen LogP contribution in [0.4, 0.5) is 0 Å². The smallest absolute Gasteiger partial charge is 0.251 e. The fourth-order valence-electron chi connectivity index (χ4n) is 3.91. The van der Waals surface area contributed by atoms with Crippen LogP contribution in [0.15, 0.2) is 30.7 Å². The van der Waals surface area contributed by atoms with E-state index < -0.39 is 0 Å². The first-order valence-corrected chi connectivity index (χ1v) is 8.72. The van der Waals surface area contributed by atoms with Crippen LogP contribution >= 0.6 is 0 Å². The lowest BCUT2D eigenvalue weighted by molar-refractivity contribution is -0.00302. The molecular formula is C19H23N3O2. The van der Waals surface area contributed by atoms with E-state index in [-0.39, 0.29) is 18.1 Å². The molecule has 2 atom stereocenters. The maximum atomic E-state index is 12.8. The van der Waals surface area contributed by atoms with Crippen LogP contribution < -0.4 is 5.32 Å². The summed E-state index contributed by atoms with van der Waals surface area (Å²) in [4.78, 5) is 16.9. The van der Waals surface area contributed by atoms with E-state index in [0.29, 0.717) is 6.61 Å². The van der Waals surface area contributed by atoms with Crippen LogP contribution in [0.25, 0.3) is 0 Å². The van der Waals surface area contributed by atoms with Gasteiger partial charge in [-0.1, -0.05) is 12.1 Å². The molecule has 4 rings (SSSR count). The van der Waals surface area contributed by atoms with Crippen molar-refractivity contribution in [1.29, 1.82) is 0 Å². The molecule has 2 aromatic rings. The van der Waals surface area contributed by atoms with Crippen molar-refractivity contribution >= 4 is 5.91 Å². The van der Waals surface area contributed by atoms with Crippen molar-refractivity contribution in [3.63, 3.8) is 0 Å². The Labute approximate surface area is 142 Å². The number of hydrogen-bond donors (Lipinski definition) is 1. The standard InChI is InChI=1S/C19H23N3O2/c1-22-12-20-11-17(22)18-10-14(8-9-24-18)21-19(23)16-7-3-5-13-4-2-6-15(13)16/h3,5,7,11-12,14,18H,2,4,6,8-10H2,1H3,(H,21,23)/t14-,18+/m1/s1. The number of aromatic nitrogens is 2. The summed E-state index contributed by atoms with van der Waals surface area (Å²) in [5, 5.41) is 3.23. The number of aryl methyl sites for hydroxylation is 2. The molecule has 1 N–H and O–H groups in total. The first kappa shape index (κ1) is 15.4. The lowest BCUT2D eigenvalue weighted by Crippen LogP contribution is -2.40. The molecule has 1 fully saturated rings. The molecule has 0 spiro atoms. The molecular weight excluding hydrogens is 302 g/mol. The molecule has 1 saturated heterocycles. The number of nitrogens with zero attached hydrogens (tertiary/aromatic N) is 2. The predicted molar refractivity (Wildman–Crippen MR) is 90.9 cm³/mol. The Morgan fingerprint density at radius 2 is 2.29 bits per heavy atom. The number of ether oxygens (including phenoxy) is 1. The first-order valence-electron chi connectivity index (χ1n) is 8.72. The van der Waals surface area contributed by atoms with Crippen LogP contribution in [0.5, 0.6) is 0 Å². The fourth-order valence-corrected chi connectivity index (χ4v) is 3.91. The van der Waals surface area contributed by atoms with E-state index in [1.165, 1.54) is 11.1 Å². The van der Waals surface area contributed by atoms with Crippen molar-refractivity contribution in [2.45, 2.75) is 44.2 Å². The van der Waals surface area contributed by atoms with E-state index in [4.69, 9.17) is 4.74 Å². The molecule has 1 aromatic heterocycles. The second-order valence-electron chi connectivity index (χ2n) is 6.78. The molecule has 2 heterocycles. The summed E-state index contributed by atoms with van der Waals surface area (Å²) < 4.78 is 7.87. The zero-order chi connectivity index (χ0) is 16.5. The maximum absolute atomic E-state index is 12.8. The van der Waals surface area contributed by atoms with Gasteiger partial charge in [0.15, 0.2) is 0 Å². The average Bonchev–Trinajstić information content (AvgIpc) is 3.23. The number of carbonyl (C=O) groups excluding carboxylic acids is 1. The number of rotatable bonds is 3. The predicted octanol–water partition coefficient (Wildman–Crippen LogP) is 2.56. The van der Waals surface area contributed by atoms with Gasteiger partial charge in [-0.15, -0.1) is 0 Å². The molecule has 2 aliphatic rings. The number of benzene rings is 1. The molecule has 1 amide bonds. The van der Waals surface area contributed by atoms with Crippen molar-refractivity contribution in [3.8, 4) is 0 Å². The normalized spacial score (nSPS) is 23.0.